The van der Waals surface area contributed by atoms with Crippen LogP contribution < -0.4 is 10.5 Å². The Hall–Kier alpha value is -4.14. The van der Waals surface area contributed by atoms with Crippen LogP contribution in [0.2, 0.25) is 0 Å². The van der Waals surface area contributed by atoms with Crippen LogP contribution in [0.15, 0.2) is 97.2 Å². The molecule has 39 heavy (non-hydrogen) atoms. The average Bonchev–Trinajstić information content (AvgIpc) is 3.37. The van der Waals surface area contributed by atoms with Gasteiger partial charge in [-0.05, 0) is 60.4 Å². The minimum atomic E-state index is -3.81. The summed E-state index contributed by atoms with van der Waals surface area (Å²) in [5.41, 5.74) is 10.4. The van der Waals surface area contributed by atoms with Crippen LogP contribution in [0.3, 0.4) is 0 Å². The first-order valence-electron chi connectivity index (χ1n) is 12.7. The Kier molecular flexibility index (Phi) is 7.16. The lowest BCUT2D eigenvalue weighted by Crippen LogP contribution is -2.37. The van der Waals surface area contributed by atoms with E-state index in [1.165, 1.54) is 3.97 Å². The van der Waals surface area contributed by atoms with Crippen molar-refractivity contribution < 1.29 is 23.1 Å². The van der Waals surface area contributed by atoms with Crippen molar-refractivity contribution in [1.29, 1.82) is 0 Å². The van der Waals surface area contributed by atoms with Gasteiger partial charge in [0.15, 0.2) is 0 Å². The Morgan fingerprint density at radius 2 is 1.87 bits per heavy atom. The fourth-order valence-electron chi connectivity index (χ4n) is 4.92. The van der Waals surface area contributed by atoms with Gasteiger partial charge in [-0.3, -0.25) is 4.79 Å². The van der Waals surface area contributed by atoms with Gasteiger partial charge >= 0.3 is 5.97 Å². The van der Waals surface area contributed by atoms with Gasteiger partial charge in [-0.2, -0.15) is 0 Å². The van der Waals surface area contributed by atoms with Gasteiger partial charge in [-0.1, -0.05) is 60.7 Å². The molecule has 4 aromatic rings. The molecule has 0 spiro atoms. The normalized spacial score (nSPS) is 17.0. The minimum Gasteiger partial charge on any atom is -0.489 e. The zero-order valence-electron chi connectivity index (χ0n) is 21.6. The number of allylic oxidation sites excluding steroid dienone is 3. The molecular formula is C31H30N2O5S. The second kappa shape index (κ2) is 10.6. The first-order chi connectivity index (χ1) is 18.7. The minimum absolute atomic E-state index is 0.143. The molecule has 200 valence electrons. The number of aliphatic carboxylic acids is 1. The summed E-state index contributed by atoms with van der Waals surface area (Å²) in [7, 11) is -3.81. The number of para-hydroxylation sites is 1. The number of aromatic nitrogens is 1. The highest BCUT2D eigenvalue weighted by Crippen LogP contribution is 2.37. The molecule has 1 unspecified atom stereocenters. The Morgan fingerprint density at radius 1 is 1.05 bits per heavy atom. The number of benzene rings is 3. The molecule has 3 aromatic carbocycles. The Labute approximate surface area is 227 Å². The summed E-state index contributed by atoms with van der Waals surface area (Å²) in [5.74, 6) is -0.439. The molecule has 7 nitrogen and oxygen atoms in total. The Balaban J connectivity index is 1.62. The van der Waals surface area contributed by atoms with E-state index in [0.29, 0.717) is 29.8 Å². The van der Waals surface area contributed by atoms with Gasteiger partial charge in [-0.25, -0.2) is 12.4 Å². The van der Waals surface area contributed by atoms with Crippen molar-refractivity contribution in [2.75, 3.05) is 0 Å². The number of nitrogens with zero attached hydrogens (tertiary/aromatic N) is 1. The van der Waals surface area contributed by atoms with Gasteiger partial charge in [0.25, 0.3) is 0 Å². The molecular weight excluding hydrogens is 512 g/mol. The lowest BCUT2D eigenvalue weighted by Gasteiger charge is -2.27. The van der Waals surface area contributed by atoms with Crippen molar-refractivity contribution >= 4 is 26.9 Å². The number of hydrogen-bond donors (Lipinski definition) is 2. The summed E-state index contributed by atoms with van der Waals surface area (Å²) in [4.78, 5) is 11.3. The third kappa shape index (κ3) is 5.13. The smallest absolute Gasteiger partial charge is 0.307 e. The summed E-state index contributed by atoms with van der Waals surface area (Å²) in [5, 5.41) is 10.0. The number of ether oxygens (including phenoxy) is 1. The third-order valence-electron chi connectivity index (χ3n) is 7.06. The fourth-order valence-corrected chi connectivity index (χ4v) is 6.59. The maximum Gasteiger partial charge on any atom is 0.307 e. The summed E-state index contributed by atoms with van der Waals surface area (Å²) < 4.78 is 34.4. The van der Waals surface area contributed by atoms with Gasteiger partial charge in [0.1, 0.15) is 17.1 Å². The van der Waals surface area contributed by atoms with E-state index in [0.717, 1.165) is 27.6 Å². The largest absolute Gasteiger partial charge is 0.489 e. The zero-order chi connectivity index (χ0) is 27.6. The SMILES string of the molecule is CC1(S(=O)(=O)n2ccc3cc(COc4ccccc4CC(=O)O)cc(-c4cccc(CN)c4)c32)C=CC=CC1. The third-order valence-corrected chi connectivity index (χ3v) is 9.36. The molecule has 0 aliphatic heterocycles. The lowest BCUT2D eigenvalue weighted by atomic mass is 9.98. The summed E-state index contributed by atoms with van der Waals surface area (Å²) in [6, 6.07) is 20.5. The van der Waals surface area contributed by atoms with E-state index in [1.54, 1.807) is 55.6 Å². The van der Waals surface area contributed by atoms with Crippen molar-refractivity contribution in [2.45, 2.75) is 37.7 Å². The first kappa shape index (κ1) is 26.5. The monoisotopic (exact) mass is 542 g/mol. The van der Waals surface area contributed by atoms with Crippen molar-refractivity contribution in [2.24, 2.45) is 5.73 Å². The molecule has 0 fully saturated rings. The van der Waals surface area contributed by atoms with Crippen LogP contribution in [-0.2, 0) is 34.4 Å². The summed E-state index contributed by atoms with van der Waals surface area (Å²) in [6.45, 7) is 2.27. The molecule has 1 heterocycles. The molecule has 1 aliphatic rings. The number of carboxylic acids is 1. The Morgan fingerprint density at radius 3 is 2.62 bits per heavy atom. The Bertz CT molecular complexity index is 1720. The molecule has 3 N–H and O–H groups in total. The van der Waals surface area contributed by atoms with E-state index < -0.39 is 20.7 Å². The highest BCUT2D eigenvalue weighted by atomic mass is 32.2. The van der Waals surface area contributed by atoms with Crippen LogP contribution >= 0.6 is 0 Å². The predicted molar refractivity (Wildman–Crippen MR) is 153 cm³/mol. The summed E-state index contributed by atoms with van der Waals surface area (Å²) in [6.07, 6.45) is 9.08. The zero-order valence-corrected chi connectivity index (χ0v) is 22.4. The van der Waals surface area contributed by atoms with E-state index in [9.17, 15) is 18.3 Å². The number of carbonyl (C=O) groups is 1. The standard InChI is InChI=1S/C31H30N2O5S/c1-31(13-5-2-6-14-31)39(36,37)33-15-12-26-17-23(21-38-28-11-4-3-9-25(28)19-29(34)35)18-27(30(26)33)24-10-7-8-22(16-24)20-32/h2-13,15-18H,14,19-21,32H2,1H3,(H,34,35). The van der Waals surface area contributed by atoms with Gasteiger partial charge in [0.2, 0.25) is 10.0 Å². The van der Waals surface area contributed by atoms with E-state index in [1.807, 2.05) is 48.6 Å². The van der Waals surface area contributed by atoms with Crippen molar-refractivity contribution in [1.82, 2.24) is 3.97 Å². The van der Waals surface area contributed by atoms with Crippen LogP contribution in [0.25, 0.3) is 22.0 Å². The number of fused-ring (bicyclic) bond motifs is 1. The second-order valence-corrected chi connectivity index (χ2v) is 12.1. The van der Waals surface area contributed by atoms with Gasteiger partial charge < -0.3 is 15.6 Å². The highest BCUT2D eigenvalue weighted by molar-refractivity contribution is 7.91. The topological polar surface area (TPSA) is 112 Å². The molecule has 0 bridgehead atoms. The second-order valence-electron chi connectivity index (χ2n) is 9.87. The average molecular weight is 543 g/mol. The van der Waals surface area contributed by atoms with Crippen LogP contribution in [-0.4, -0.2) is 28.2 Å². The van der Waals surface area contributed by atoms with E-state index >= 15 is 0 Å². The maximum atomic E-state index is 14.0. The molecule has 0 radical (unpaired) electrons. The molecule has 8 heteroatoms. The molecule has 0 saturated heterocycles. The molecule has 1 atom stereocenters. The summed E-state index contributed by atoms with van der Waals surface area (Å²) >= 11 is 0. The maximum absolute atomic E-state index is 14.0. The molecule has 0 saturated carbocycles. The number of carboxylic acid groups (broad SMARTS) is 1. The molecule has 5 rings (SSSR count). The lowest BCUT2D eigenvalue weighted by molar-refractivity contribution is -0.136. The van der Waals surface area contributed by atoms with Crippen LogP contribution in [0.4, 0.5) is 0 Å². The number of hydrogen-bond acceptors (Lipinski definition) is 5. The predicted octanol–water partition coefficient (Wildman–Crippen LogP) is 5.43. The highest BCUT2D eigenvalue weighted by Gasteiger charge is 2.39. The number of rotatable bonds is 9. The van der Waals surface area contributed by atoms with Gasteiger partial charge in [-0.15, -0.1) is 0 Å². The van der Waals surface area contributed by atoms with E-state index in [2.05, 4.69) is 0 Å². The molecule has 1 aliphatic carbocycles. The van der Waals surface area contributed by atoms with Crippen molar-refractivity contribution in [3.05, 3.63) is 114 Å². The van der Waals surface area contributed by atoms with Gasteiger partial charge in [0, 0.05) is 29.3 Å². The quantitative estimate of drug-likeness (QED) is 0.292. The van der Waals surface area contributed by atoms with Crippen LogP contribution in [0, 0.1) is 0 Å². The van der Waals surface area contributed by atoms with Crippen molar-refractivity contribution in [3.8, 4) is 16.9 Å². The van der Waals surface area contributed by atoms with Crippen LogP contribution in [0.1, 0.15) is 30.0 Å². The molecule has 0 amide bonds. The number of nitrogens with two attached hydrogens (primary N) is 1. The van der Waals surface area contributed by atoms with Crippen LogP contribution in [0.5, 0.6) is 5.75 Å². The first-order valence-corrected chi connectivity index (χ1v) is 14.1. The fraction of sp³-hybridized carbons (Fsp3) is 0.194. The van der Waals surface area contributed by atoms with Gasteiger partial charge in [0.05, 0.1) is 11.9 Å². The van der Waals surface area contributed by atoms with Crippen molar-refractivity contribution in [3.63, 3.8) is 0 Å². The molecule has 1 aromatic heterocycles. The van der Waals surface area contributed by atoms with E-state index in [-0.39, 0.29) is 13.0 Å². The van der Waals surface area contributed by atoms with E-state index in [4.69, 9.17) is 10.5 Å².